The Bertz CT molecular complexity index is 510. The molecular formula is C13H17N3O2S. The van der Waals surface area contributed by atoms with Crippen molar-refractivity contribution in [3.63, 3.8) is 0 Å². The second-order valence-electron chi connectivity index (χ2n) is 5.43. The van der Waals surface area contributed by atoms with E-state index in [4.69, 9.17) is 0 Å². The van der Waals surface area contributed by atoms with E-state index in [1.54, 1.807) is 0 Å². The average molecular weight is 279 g/mol. The summed E-state index contributed by atoms with van der Waals surface area (Å²) < 4.78 is 0. The number of carbonyl (C=O) groups excluding carboxylic acids is 2. The van der Waals surface area contributed by atoms with Crippen LogP contribution >= 0.6 is 11.3 Å². The van der Waals surface area contributed by atoms with Crippen molar-refractivity contribution < 1.29 is 9.59 Å². The van der Waals surface area contributed by atoms with Crippen molar-refractivity contribution >= 4 is 28.3 Å². The molecule has 0 radical (unpaired) electrons. The molecule has 1 aromatic heterocycles. The number of carbonyl (C=O) groups is 2. The number of aryl methyl sites for hydroxylation is 1. The average Bonchev–Trinajstić information content (AvgIpc) is 2.97. The summed E-state index contributed by atoms with van der Waals surface area (Å²) in [5.74, 6) is 0.478. The summed E-state index contributed by atoms with van der Waals surface area (Å²) in [6, 6.07) is 0. The van der Waals surface area contributed by atoms with E-state index in [9.17, 15) is 9.59 Å². The van der Waals surface area contributed by atoms with Gasteiger partial charge in [-0.25, -0.2) is 4.98 Å². The van der Waals surface area contributed by atoms with Gasteiger partial charge in [0.25, 0.3) is 0 Å². The minimum absolute atomic E-state index is 0.0824. The van der Waals surface area contributed by atoms with Gasteiger partial charge in [0, 0.05) is 24.9 Å². The first-order chi connectivity index (χ1) is 9.11. The molecule has 1 aliphatic carbocycles. The zero-order valence-corrected chi connectivity index (χ0v) is 11.7. The molecule has 5 nitrogen and oxygen atoms in total. The van der Waals surface area contributed by atoms with Crippen LogP contribution in [0.15, 0.2) is 5.38 Å². The predicted octanol–water partition coefficient (Wildman–Crippen LogP) is 1.65. The number of rotatable bonds is 4. The van der Waals surface area contributed by atoms with E-state index in [1.165, 1.54) is 24.2 Å². The molecule has 19 heavy (non-hydrogen) atoms. The fourth-order valence-electron chi connectivity index (χ4n) is 2.36. The maximum absolute atomic E-state index is 12.1. The van der Waals surface area contributed by atoms with Gasteiger partial charge in [0.1, 0.15) is 0 Å². The van der Waals surface area contributed by atoms with E-state index >= 15 is 0 Å². The Morgan fingerprint density at radius 1 is 1.58 bits per heavy atom. The van der Waals surface area contributed by atoms with Crippen molar-refractivity contribution in [3.8, 4) is 0 Å². The number of aromatic nitrogens is 1. The number of thiazole rings is 1. The van der Waals surface area contributed by atoms with Crippen molar-refractivity contribution in [3.05, 3.63) is 11.1 Å². The summed E-state index contributed by atoms with van der Waals surface area (Å²) in [5.41, 5.74) is 0.901. The highest BCUT2D eigenvalue weighted by molar-refractivity contribution is 7.13. The minimum Gasteiger partial charge on any atom is -0.342 e. The minimum atomic E-state index is -0.226. The molecular weight excluding hydrogens is 262 g/mol. The molecule has 1 aromatic rings. The normalized spacial score (nSPS) is 22.9. The van der Waals surface area contributed by atoms with E-state index in [2.05, 4.69) is 10.3 Å². The predicted molar refractivity (Wildman–Crippen MR) is 72.9 cm³/mol. The van der Waals surface area contributed by atoms with Gasteiger partial charge in [-0.2, -0.15) is 0 Å². The maximum Gasteiger partial charge on any atom is 0.231 e. The molecule has 1 unspecified atom stereocenters. The molecule has 2 heterocycles. The molecule has 2 fully saturated rings. The van der Waals surface area contributed by atoms with Crippen LogP contribution in [-0.2, 0) is 9.59 Å². The molecule has 0 aromatic carbocycles. The van der Waals surface area contributed by atoms with E-state index in [0.29, 0.717) is 24.0 Å². The van der Waals surface area contributed by atoms with E-state index in [0.717, 1.165) is 12.2 Å². The van der Waals surface area contributed by atoms with Gasteiger partial charge in [0.05, 0.1) is 11.6 Å². The molecule has 3 rings (SSSR count). The van der Waals surface area contributed by atoms with Gasteiger partial charge in [0.2, 0.25) is 11.8 Å². The number of anilines is 1. The second-order valence-corrected chi connectivity index (χ2v) is 6.28. The zero-order valence-electron chi connectivity index (χ0n) is 10.9. The number of likely N-dealkylation sites (tertiary alicyclic amines) is 1. The first-order valence-electron chi connectivity index (χ1n) is 6.62. The SMILES string of the molecule is Cc1csc(NC(=O)C2CC(=O)N(CC3CC3)C2)n1. The Kier molecular flexibility index (Phi) is 3.26. The number of amides is 2. The fourth-order valence-corrected chi connectivity index (χ4v) is 3.05. The van der Waals surface area contributed by atoms with Crippen LogP contribution in [0, 0.1) is 18.8 Å². The summed E-state index contributed by atoms with van der Waals surface area (Å²) in [6.45, 7) is 3.28. The number of nitrogens with one attached hydrogen (secondary N) is 1. The molecule has 0 bridgehead atoms. The van der Waals surface area contributed by atoms with Crippen LogP contribution in [0.1, 0.15) is 25.0 Å². The summed E-state index contributed by atoms with van der Waals surface area (Å²) in [6.07, 6.45) is 2.78. The Morgan fingerprint density at radius 2 is 2.37 bits per heavy atom. The molecule has 6 heteroatoms. The van der Waals surface area contributed by atoms with Crippen molar-refractivity contribution in [2.75, 3.05) is 18.4 Å². The monoisotopic (exact) mass is 279 g/mol. The van der Waals surface area contributed by atoms with Crippen molar-refractivity contribution in [1.29, 1.82) is 0 Å². The zero-order chi connectivity index (χ0) is 13.4. The second kappa shape index (κ2) is 4.92. The highest BCUT2D eigenvalue weighted by Gasteiger charge is 2.37. The third-order valence-electron chi connectivity index (χ3n) is 3.61. The number of nitrogens with zero attached hydrogens (tertiary/aromatic N) is 2. The van der Waals surface area contributed by atoms with Crippen molar-refractivity contribution in [2.24, 2.45) is 11.8 Å². The molecule has 2 amide bonds. The standard InChI is InChI=1S/C13H17N3O2S/c1-8-7-19-13(14-8)15-12(18)10-4-11(17)16(6-10)5-9-2-3-9/h7,9-10H,2-6H2,1H3,(H,14,15,18). The molecule has 1 atom stereocenters. The van der Waals surface area contributed by atoms with Gasteiger partial charge in [-0.1, -0.05) is 0 Å². The van der Waals surface area contributed by atoms with Gasteiger partial charge >= 0.3 is 0 Å². The van der Waals surface area contributed by atoms with E-state index in [-0.39, 0.29) is 17.7 Å². The third-order valence-corrected chi connectivity index (χ3v) is 4.49. The Balaban J connectivity index is 1.57. The van der Waals surface area contributed by atoms with Crippen LogP contribution in [0.5, 0.6) is 0 Å². The fraction of sp³-hybridized carbons (Fsp3) is 0.615. The van der Waals surface area contributed by atoms with Crippen LogP contribution in [0.2, 0.25) is 0 Å². The van der Waals surface area contributed by atoms with Crippen molar-refractivity contribution in [2.45, 2.75) is 26.2 Å². The van der Waals surface area contributed by atoms with Gasteiger partial charge in [0.15, 0.2) is 5.13 Å². The quantitative estimate of drug-likeness (QED) is 0.911. The summed E-state index contributed by atoms with van der Waals surface area (Å²) >= 11 is 1.42. The van der Waals surface area contributed by atoms with Gasteiger partial charge in [-0.05, 0) is 25.7 Å². The molecule has 1 N–H and O–H groups in total. The molecule has 102 valence electrons. The maximum atomic E-state index is 12.1. The summed E-state index contributed by atoms with van der Waals surface area (Å²) in [4.78, 5) is 30.0. The first kappa shape index (κ1) is 12.6. The molecule has 2 aliphatic rings. The summed E-state index contributed by atoms with van der Waals surface area (Å²) in [7, 11) is 0. The van der Waals surface area contributed by atoms with Crippen LogP contribution < -0.4 is 5.32 Å². The molecule has 1 saturated carbocycles. The third kappa shape index (κ3) is 2.94. The highest BCUT2D eigenvalue weighted by Crippen LogP contribution is 2.32. The lowest BCUT2D eigenvalue weighted by molar-refractivity contribution is -0.128. The Hall–Kier alpha value is -1.43. The largest absolute Gasteiger partial charge is 0.342 e. The van der Waals surface area contributed by atoms with E-state index in [1.807, 2.05) is 17.2 Å². The first-order valence-corrected chi connectivity index (χ1v) is 7.50. The van der Waals surface area contributed by atoms with E-state index < -0.39 is 0 Å². The number of hydrogen-bond donors (Lipinski definition) is 1. The van der Waals surface area contributed by atoms with Gasteiger partial charge < -0.3 is 10.2 Å². The van der Waals surface area contributed by atoms with Crippen LogP contribution in [0.4, 0.5) is 5.13 Å². The van der Waals surface area contributed by atoms with Crippen LogP contribution in [0.3, 0.4) is 0 Å². The van der Waals surface area contributed by atoms with Crippen molar-refractivity contribution in [1.82, 2.24) is 9.88 Å². The smallest absolute Gasteiger partial charge is 0.231 e. The molecule has 0 spiro atoms. The Labute approximate surface area is 116 Å². The lowest BCUT2D eigenvalue weighted by Gasteiger charge is -2.15. The topological polar surface area (TPSA) is 62.3 Å². The lowest BCUT2D eigenvalue weighted by atomic mass is 10.1. The molecule has 1 saturated heterocycles. The highest BCUT2D eigenvalue weighted by atomic mass is 32.1. The van der Waals surface area contributed by atoms with Crippen LogP contribution in [-0.4, -0.2) is 34.8 Å². The van der Waals surface area contributed by atoms with Gasteiger partial charge in [-0.15, -0.1) is 11.3 Å². The van der Waals surface area contributed by atoms with Crippen LogP contribution in [0.25, 0.3) is 0 Å². The van der Waals surface area contributed by atoms with Gasteiger partial charge in [-0.3, -0.25) is 9.59 Å². The number of hydrogen-bond acceptors (Lipinski definition) is 4. The lowest BCUT2D eigenvalue weighted by Crippen LogP contribution is -2.29. The molecule has 1 aliphatic heterocycles. The Morgan fingerprint density at radius 3 is 3.00 bits per heavy atom. The summed E-state index contributed by atoms with van der Waals surface area (Å²) in [5, 5.41) is 5.32.